The SMILES string of the molecule is CC(C)(C)[Si](OC1CCC(C(=O)C(C2CCc3ccccc3N2)N2CCN(c3cccc4c3OCCO4)CC2)CC1)(c1ccccc1)c1ccccc1. The molecule has 0 bridgehead atoms. The first kappa shape index (κ1) is 35.9. The third-order valence-electron chi connectivity index (χ3n) is 12.2. The molecule has 1 saturated carbocycles. The van der Waals surface area contributed by atoms with Crippen LogP contribution in [-0.4, -0.2) is 76.6 Å². The lowest BCUT2D eigenvalue weighted by Crippen LogP contribution is -2.68. The number of carbonyl (C=O) groups is 1. The zero-order chi connectivity index (χ0) is 36.4. The zero-order valence-corrected chi connectivity index (χ0v) is 32.6. The number of anilines is 2. The van der Waals surface area contributed by atoms with Crippen molar-refractivity contribution in [2.75, 3.05) is 49.6 Å². The maximum absolute atomic E-state index is 15.0. The van der Waals surface area contributed by atoms with Crippen molar-refractivity contribution in [3.63, 3.8) is 0 Å². The van der Waals surface area contributed by atoms with Gasteiger partial charge in [0.2, 0.25) is 0 Å². The summed E-state index contributed by atoms with van der Waals surface area (Å²) >= 11 is 0. The molecule has 0 spiro atoms. The van der Waals surface area contributed by atoms with Crippen LogP contribution in [0.4, 0.5) is 11.4 Å². The maximum atomic E-state index is 15.0. The average Bonchev–Trinajstić information content (AvgIpc) is 3.20. The molecule has 2 fully saturated rings. The lowest BCUT2D eigenvalue weighted by Gasteiger charge is -2.47. The third kappa shape index (κ3) is 7.13. The number of para-hydroxylation sites is 2. The fourth-order valence-electron chi connectivity index (χ4n) is 9.53. The Morgan fingerprint density at radius 2 is 1.40 bits per heavy atom. The number of fused-ring (bicyclic) bond motifs is 2. The molecule has 1 aliphatic carbocycles. The van der Waals surface area contributed by atoms with Gasteiger partial charge in [0.15, 0.2) is 17.3 Å². The Bertz CT molecular complexity index is 1810. The lowest BCUT2D eigenvalue weighted by atomic mass is 9.79. The number of ketones is 1. The monoisotopic (exact) mass is 729 g/mol. The van der Waals surface area contributed by atoms with Gasteiger partial charge in [-0.05, 0) is 77.7 Å². The first-order valence-corrected chi connectivity index (χ1v) is 21.8. The number of Topliss-reactive ketones (excluding diaryl/α,β-unsaturated/α-hetero) is 1. The van der Waals surface area contributed by atoms with Crippen LogP contribution in [0.1, 0.15) is 58.4 Å². The third-order valence-corrected chi connectivity index (χ3v) is 17.3. The minimum atomic E-state index is -2.66. The molecule has 0 amide bonds. The van der Waals surface area contributed by atoms with Crippen LogP contribution in [0, 0.1) is 5.92 Å². The normalized spacial score (nSPS) is 22.7. The Labute approximate surface area is 316 Å². The van der Waals surface area contributed by atoms with Crippen LogP contribution in [0.5, 0.6) is 11.5 Å². The van der Waals surface area contributed by atoms with Gasteiger partial charge in [-0.25, -0.2) is 0 Å². The van der Waals surface area contributed by atoms with Crippen LogP contribution in [0.3, 0.4) is 0 Å². The number of aryl methyl sites for hydroxylation is 1. The van der Waals surface area contributed by atoms with Crippen LogP contribution >= 0.6 is 0 Å². The molecule has 4 aromatic rings. The predicted octanol–water partition coefficient (Wildman–Crippen LogP) is 7.08. The van der Waals surface area contributed by atoms with Gasteiger partial charge in [-0.3, -0.25) is 9.69 Å². The molecule has 7 nitrogen and oxygen atoms in total. The average molecular weight is 730 g/mol. The Balaban J connectivity index is 1.01. The molecule has 4 aliphatic rings. The highest BCUT2D eigenvalue weighted by Gasteiger charge is 2.52. The molecule has 53 heavy (non-hydrogen) atoms. The van der Waals surface area contributed by atoms with Crippen LogP contribution in [-0.2, 0) is 15.6 Å². The minimum Gasteiger partial charge on any atom is -0.486 e. The number of hydrogen-bond donors (Lipinski definition) is 1. The molecule has 1 saturated heterocycles. The second-order valence-electron chi connectivity index (χ2n) is 16.4. The van der Waals surface area contributed by atoms with E-state index in [0.29, 0.717) is 19.0 Å². The fraction of sp³-hybridized carbons (Fsp3) is 0.444. The number of hydrogen-bond acceptors (Lipinski definition) is 7. The molecule has 3 aliphatic heterocycles. The van der Waals surface area contributed by atoms with Gasteiger partial charge in [0, 0.05) is 49.9 Å². The van der Waals surface area contributed by atoms with E-state index in [9.17, 15) is 4.79 Å². The number of ether oxygens (including phenoxy) is 2. The molecule has 0 radical (unpaired) electrons. The second kappa shape index (κ2) is 15.3. The van der Waals surface area contributed by atoms with Gasteiger partial charge in [0.05, 0.1) is 11.7 Å². The van der Waals surface area contributed by atoms with E-state index in [-0.39, 0.29) is 29.1 Å². The minimum absolute atomic E-state index is 0.0303. The van der Waals surface area contributed by atoms with E-state index in [1.54, 1.807) is 0 Å². The number of carbonyl (C=O) groups excluding carboxylic acids is 1. The van der Waals surface area contributed by atoms with Crippen molar-refractivity contribution in [1.82, 2.24) is 4.90 Å². The fourth-order valence-corrected chi connectivity index (χ4v) is 14.3. The molecule has 2 atom stereocenters. The summed E-state index contributed by atoms with van der Waals surface area (Å²) in [7, 11) is -2.66. The second-order valence-corrected chi connectivity index (χ2v) is 20.6. The summed E-state index contributed by atoms with van der Waals surface area (Å²) < 4.78 is 19.5. The van der Waals surface area contributed by atoms with Crippen molar-refractivity contribution in [3.8, 4) is 11.5 Å². The van der Waals surface area contributed by atoms with E-state index in [1.807, 2.05) is 6.07 Å². The summed E-state index contributed by atoms with van der Waals surface area (Å²) in [6.45, 7) is 11.5. The Morgan fingerprint density at radius 1 is 0.755 bits per heavy atom. The van der Waals surface area contributed by atoms with Gasteiger partial charge >= 0.3 is 0 Å². The Morgan fingerprint density at radius 3 is 2.08 bits per heavy atom. The standard InChI is InChI=1S/C45H55N3O4Si/c1-45(2,3)53(36-14-6-4-7-15-36,37-16-8-5-9-17-37)52-35-24-21-34(22-25-35)43(49)42(39-26-23-33-13-10-11-18-38(33)46-39)48-29-27-47(28-30-48)40-19-12-20-41-44(40)51-32-31-50-41/h4-20,34-35,39,42,46H,21-32H2,1-3H3. The van der Waals surface area contributed by atoms with Gasteiger partial charge in [0.1, 0.15) is 13.2 Å². The molecule has 3 heterocycles. The summed E-state index contributed by atoms with van der Waals surface area (Å²) in [4.78, 5) is 19.9. The lowest BCUT2D eigenvalue weighted by molar-refractivity contribution is -0.130. The maximum Gasteiger partial charge on any atom is 0.261 e. The number of rotatable bonds is 9. The molecule has 4 aromatic carbocycles. The summed E-state index contributed by atoms with van der Waals surface area (Å²) in [5.74, 6) is 2.11. The van der Waals surface area contributed by atoms with E-state index in [4.69, 9.17) is 13.9 Å². The van der Waals surface area contributed by atoms with E-state index < -0.39 is 8.32 Å². The Kier molecular flexibility index (Phi) is 10.4. The van der Waals surface area contributed by atoms with Crippen molar-refractivity contribution >= 4 is 35.8 Å². The molecular formula is C45H55N3O4Si. The number of nitrogens with zero attached hydrogens (tertiary/aromatic N) is 2. The number of piperazine rings is 1. The van der Waals surface area contributed by atoms with Gasteiger partial charge in [0.25, 0.3) is 8.32 Å². The van der Waals surface area contributed by atoms with Gasteiger partial charge in [-0.2, -0.15) is 0 Å². The highest BCUT2D eigenvalue weighted by molar-refractivity contribution is 6.99. The summed E-state index contributed by atoms with van der Waals surface area (Å²) in [5, 5.41) is 6.42. The van der Waals surface area contributed by atoms with Gasteiger partial charge < -0.3 is 24.1 Å². The largest absolute Gasteiger partial charge is 0.486 e. The van der Waals surface area contributed by atoms with Crippen LogP contribution in [0.25, 0.3) is 0 Å². The van der Waals surface area contributed by atoms with E-state index >= 15 is 0 Å². The molecule has 8 rings (SSSR count). The smallest absolute Gasteiger partial charge is 0.261 e. The van der Waals surface area contributed by atoms with Crippen LogP contribution < -0.4 is 30.1 Å². The van der Waals surface area contributed by atoms with Crippen molar-refractivity contribution < 1.29 is 18.7 Å². The quantitative estimate of drug-likeness (QED) is 0.185. The molecule has 1 N–H and O–H groups in total. The van der Waals surface area contributed by atoms with Crippen LogP contribution in [0.15, 0.2) is 103 Å². The van der Waals surface area contributed by atoms with Crippen molar-refractivity contribution in [2.45, 2.75) is 82.5 Å². The highest BCUT2D eigenvalue weighted by atomic mass is 28.4. The highest BCUT2D eigenvalue weighted by Crippen LogP contribution is 2.42. The first-order valence-electron chi connectivity index (χ1n) is 19.9. The summed E-state index contributed by atoms with van der Waals surface area (Å²) in [6, 6.07) is 36.6. The Hall–Kier alpha value is -4.11. The molecule has 0 aromatic heterocycles. The molecule has 278 valence electrons. The van der Waals surface area contributed by atoms with E-state index in [2.05, 4.69) is 133 Å². The summed E-state index contributed by atoms with van der Waals surface area (Å²) in [6.07, 6.45) is 5.62. The molecular weight excluding hydrogens is 675 g/mol. The zero-order valence-electron chi connectivity index (χ0n) is 31.6. The van der Waals surface area contributed by atoms with E-state index in [1.165, 1.54) is 21.6 Å². The van der Waals surface area contributed by atoms with Crippen molar-refractivity contribution in [3.05, 3.63) is 109 Å². The van der Waals surface area contributed by atoms with Gasteiger partial charge in [-0.15, -0.1) is 0 Å². The van der Waals surface area contributed by atoms with Crippen molar-refractivity contribution in [1.29, 1.82) is 0 Å². The first-order chi connectivity index (χ1) is 25.8. The molecule has 8 heteroatoms. The number of benzene rings is 4. The van der Waals surface area contributed by atoms with Crippen molar-refractivity contribution in [2.24, 2.45) is 5.92 Å². The summed E-state index contributed by atoms with van der Waals surface area (Å²) in [5.41, 5.74) is 3.61. The topological polar surface area (TPSA) is 63.3 Å². The van der Waals surface area contributed by atoms with Gasteiger partial charge in [-0.1, -0.05) is 106 Å². The van der Waals surface area contributed by atoms with E-state index in [0.717, 1.165) is 81.9 Å². The molecule has 2 unspecified atom stereocenters. The van der Waals surface area contributed by atoms with Crippen LogP contribution in [0.2, 0.25) is 5.04 Å². The predicted molar refractivity (Wildman–Crippen MR) is 217 cm³/mol. The number of nitrogens with one attached hydrogen (secondary N) is 1.